The lowest BCUT2D eigenvalue weighted by molar-refractivity contribution is 0.547. The topological polar surface area (TPSA) is 37.4 Å². The fourth-order valence-corrected chi connectivity index (χ4v) is 1.76. The summed E-state index contributed by atoms with van der Waals surface area (Å²) in [6.45, 7) is 0. The molecule has 0 aliphatic carbocycles. The van der Waals surface area contributed by atoms with Crippen molar-refractivity contribution in [1.29, 1.82) is 0 Å². The van der Waals surface area contributed by atoms with Gasteiger partial charge in [0.2, 0.25) is 0 Å². The molecule has 0 atom stereocenters. The summed E-state index contributed by atoms with van der Waals surface area (Å²) in [4.78, 5) is -0.486. The third kappa shape index (κ3) is 1.99. The van der Waals surface area contributed by atoms with E-state index in [1.807, 2.05) is 0 Å². The summed E-state index contributed by atoms with van der Waals surface area (Å²) in [7, 11) is -1.02. The average Bonchev–Trinajstić information content (AvgIpc) is 2.04. The first kappa shape index (κ1) is 10.4. The van der Waals surface area contributed by atoms with Crippen molar-refractivity contribution in [2.24, 2.45) is 0 Å². The van der Waals surface area contributed by atoms with Gasteiger partial charge in [0.05, 0.1) is 0 Å². The van der Waals surface area contributed by atoms with Gasteiger partial charge in [-0.2, -0.15) is 0 Å². The van der Waals surface area contributed by atoms with Gasteiger partial charge in [0.25, 0.3) is 10.0 Å². The highest BCUT2D eigenvalue weighted by Gasteiger charge is 2.22. The second kappa shape index (κ2) is 3.61. The quantitative estimate of drug-likeness (QED) is 0.715. The Morgan fingerprint density at radius 2 is 1.92 bits per heavy atom. The Balaban J connectivity index is 3.32. The maximum absolute atomic E-state index is 13.0. The van der Waals surface area contributed by atoms with E-state index in [-0.39, 0.29) is 3.82 Å². The summed E-state index contributed by atoms with van der Waals surface area (Å²) in [6.07, 6.45) is 0. The standard InChI is InChI=1S/C7H6ClFNO2S/c1-10(8)13(11,12)7-5-3-2-4-6(7)9/h2-5H,1H2. The van der Waals surface area contributed by atoms with Gasteiger partial charge in [-0.25, -0.2) is 12.8 Å². The highest BCUT2D eigenvalue weighted by atomic mass is 35.5. The summed E-state index contributed by atoms with van der Waals surface area (Å²) in [5.41, 5.74) is 0. The Morgan fingerprint density at radius 1 is 1.38 bits per heavy atom. The largest absolute Gasteiger partial charge is 0.259 e. The zero-order valence-corrected chi connectivity index (χ0v) is 8.02. The molecule has 0 aromatic heterocycles. The average molecular weight is 223 g/mol. The second-order valence-corrected chi connectivity index (χ2v) is 4.66. The molecule has 1 aromatic carbocycles. The van der Waals surface area contributed by atoms with Crippen LogP contribution < -0.4 is 0 Å². The van der Waals surface area contributed by atoms with Gasteiger partial charge in [-0.05, 0) is 23.9 Å². The fraction of sp³-hybridized carbons (Fsp3) is 0. The van der Waals surface area contributed by atoms with E-state index in [4.69, 9.17) is 11.8 Å². The molecule has 0 amide bonds. The van der Waals surface area contributed by atoms with E-state index in [0.29, 0.717) is 0 Å². The zero-order chi connectivity index (χ0) is 10.1. The van der Waals surface area contributed by atoms with Crippen molar-refractivity contribution < 1.29 is 12.8 Å². The number of rotatable bonds is 2. The van der Waals surface area contributed by atoms with Crippen LogP contribution in [0.3, 0.4) is 0 Å². The van der Waals surface area contributed by atoms with Gasteiger partial charge in [-0.3, -0.25) is 0 Å². The van der Waals surface area contributed by atoms with Crippen LogP contribution in [0, 0.1) is 12.9 Å². The lowest BCUT2D eigenvalue weighted by Gasteiger charge is -2.08. The van der Waals surface area contributed by atoms with Crippen LogP contribution in [-0.4, -0.2) is 12.2 Å². The van der Waals surface area contributed by atoms with Crippen LogP contribution in [0.5, 0.6) is 0 Å². The van der Waals surface area contributed by atoms with Crippen molar-refractivity contribution in [3.8, 4) is 0 Å². The molecule has 3 nitrogen and oxygen atoms in total. The molecule has 6 heteroatoms. The molecule has 1 aromatic rings. The molecule has 0 fully saturated rings. The number of sulfonamides is 1. The molecule has 0 saturated heterocycles. The molecule has 71 valence electrons. The summed E-state index contributed by atoms with van der Waals surface area (Å²) in [6, 6.07) is 4.94. The van der Waals surface area contributed by atoms with Crippen LogP contribution in [-0.2, 0) is 10.0 Å². The molecule has 13 heavy (non-hydrogen) atoms. The van der Waals surface area contributed by atoms with Crippen LogP contribution >= 0.6 is 11.8 Å². The summed E-state index contributed by atoms with van der Waals surface area (Å²) in [5.74, 6) is -0.850. The minimum Gasteiger partial charge on any atom is -0.206 e. The van der Waals surface area contributed by atoms with Gasteiger partial charge >= 0.3 is 0 Å². The van der Waals surface area contributed by atoms with Crippen LogP contribution in [0.25, 0.3) is 0 Å². The molecule has 1 rings (SSSR count). The predicted octanol–water partition coefficient (Wildman–Crippen LogP) is 1.76. The van der Waals surface area contributed by atoms with Crippen molar-refractivity contribution in [3.05, 3.63) is 37.1 Å². The molecule has 0 aliphatic heterocycles. The molecular weight excluding hydrogens is 217 g/mol. The first-order valence-electron chi connectivity index (χ1n) is 3.22. The maximum atomic E-state index is 13.0. The number of benzene rings is 1. The SMILES string of the molecule is [CH2]N(Cl)S(=O)(=O)c1ccccc1F. The zero-order valence-electron chi connectivity index (χ0n) is 6.44. The van der Waals surface area contributed by atoms with Crippen LogP contribution in [0.4, 0.5) is 4.39 Å². The smallest absolute Gasteiger partial charge is 0.206 e. The minimum absolute atomic E-state index is 0.200. The summed E-state index contributed by atoms with van der Waals surface area (Å²) >= 11 is 5.14. The Morgan fingerprint density at radius 3 is 2.38 bits per heavy atom. The molecule has 0 saturated carbocycles. The normalized spacial score (nSPS) is 12.0. The minimum atomic E-state index is -3.99. The van der Waals surface area contributed by atoms with Crippen molar-refractivity contribution in [3.63, 3.8) is 0 Å². The molecule has 0 N–H and O–H groups in total. The van der Waals surface area contributed by atoms with Gasteiger partial charge in [0.1, 0.15) is 10.7 Å². The molecule has 0 spiro atoms. The summed E-state index contributed by atoms with van der Waals surface area (Å²) in [5, 5.41) is 0. The number of hydrogen-bond acceptors (Lipinski definition) is 2. The fourth-order valence-electron chi connectivity index (χ4n) is 0.761. The molecule has 0 unspecified atom stereocenters. The first-order valence-corrected chi connectivity index (χ1v) is 5.00. The lowest BCUT2D eigenvalue weighted by atomic mass is 10.4. The van der Waals surface area contributed by atoms with Gasteiger partial charge in [-0.15, -0.1) is 3.82 Å². The number of halogens is 2. The van der Waals surface area contributed by atoms with Gasteiger partial charge in [0.15, 0.2) is 0 Å². The highest BCUT2D eigenvalue weighted by molar-refractivity contribution is 7.90. The van der Waals surface area contributed by atoms with E-state index in [2.05, 4.69) is 7.05 Å². The Bertz CT molecular complexity index is 405. The monoisotopic (exact) mass is 222 g/mol. The molecule has 0 aliphatic rings. The molecular formula is C7H6ClFNO2S. The van der Waals surface area contributed by atoms with Crippen LogP contribution in [0.1, 0.15) is 0 Å². The third-order valence-electron chi connectivity index (χ3n) is 1.38. The Kier molecular flexibility index (Phi) is 2.90. The van der Waals surface area contributed by atoms with E-state index >= 15 is 0 Å². The van der Waals surface area contributed by atoms with Crippen molar-refractivity contribution >= 4 is 21.8 Å². The summed E-state index contributed by atoms with van der Waals surface area (Å²) < 4.78 is 35.6. The maximum Gasteiger partial charge on any atom is 0.259 e. The van der Waals surface area contributed by atoms with Gasteiger partial charge in [0, 0.05) is 7.05 Å². The third-order valence-corrected chi connectivity index (χ3v) is 3.33. The number of hydrogen-bond donors (Lipinski definition) is 0. The van der Waals surface area contributed by atoms with E-state index < -0.39 is 20.7 Å². The van der Waals surface area contributed by atoms with Crippen molar-refractivity contribution in [1.82, 2.24) is 3.82 Å². The van der Waals surface area contributed by atoms with E-state index in [0.717, 1.165) is 12.1 Å². The van der Waals surface area contributed by atoms with Crippen molar-refractivity contribution in [2.75, 3.05) is 0 Å². The van der Waals surface area contributed by atoms with Gasteiger partial charge in [-0.1, -0.05) is 12.1 Å². The highest BCUT2D eigenvalue weighted by Crippen LogP contribution is 2.19. The van der Waals surface area contributed by atoms with Crippen LogP contribution in [0.2, 0.25) is 0 Å². The predicted molar refractivity (Wildman–Crippen MR) is 46.6 cm³/mol. The Hall–Kier alpha value is -0.650. The first-order chi connectivity index (χ1) is 5.96. The number of nitrogens with zero attached hydrogens (tertiary/aromatic N) is 1. The van der Waals surface area contributed by atoms with Crippen molar-refractivity contribution in [2.45, 2.75) is 4.90 Å². The molecule has 0 heterocycles. The second-order valence-electron chi connectivity index (χ2n) is 2.22. The van der Waals surface area contributed by atoms with E-state index in [1.165, 1.54) is 12.1 Å². The lowest BCUT2D eigenvalue weighted by Crippen LogP contribution is -2.16. The molecule has 0 bridgehead atoms. The molecule has 1 radical (unpaired) electrons. The van der Waals surface area contributed by atoms with E-state index in [9.17, 15) is 12.8 Å². The van der Waals surface area contributed by atoms with Crippen LogP contribution in [0.15, 0.2) is 29.2 Å². The Labute approximate surface area is 80.9 Å². The van der Waals surface area contributed by atoms with E-state index in [1.54, 1.807) is 0 Å². The van der Waals surface area contributed by atoms with Gasteiger partial charge < -0.3 is 0 Å².